The third-order valence-electron chi connectivity index (χ3n) is 3.49. The number of nitro benzene ring substituents is 1. The summed E-state index contributed by atoms with van der Waals surface area (Å²) in [6, 6.07) is 8.98. The minimum atomic E-state index is -0.600. The molecule has 2 aromatic carbocycles. The van der Waals surface area contributed by atoms with E-state index in [0.717, 1.165) is 0 Å². The van der Waals surface area contributed by atoms with Crippen LogP contribution in [0.4, 0.5) is 16.2 Å². The average Bonchev–Trinajstić information content (AvgIpc) is 2.58. The van der Waals surface area contributed by atoms with Crippen molar-refractivity contribution in [2.24, 2.45) is 0 Å². The van der Waals surface area contributed by atoms with Crippen molar-refractivity contribution in [3.8, 4) is 11.5 Å². The van der Waals surface area contributed by atoms with Gasteiger partial charge in [0.05, 0.1) is 15.0 Å². The van der Waals surface area contributed by atoms with Crippen LogP contribution in [-0.4, -0.2) is 23.2 Å². The highest BCUT2D eigenvalue weighted by Crippen LogP contribution is 2.39. The van der Waals surface area contributed by atoms with Crippen molar-refractivity contribution < 1.29 is 19.2 Å². The van der Waals surface area contributed by atoms with E-state index in [9.17, 15) is 14.9 Å². The van der Waals surface area contributed by atoms with Crippen LogP contribution in [0.25, 0.3) is 0 Å². The van der Waals surface area contributed by atoms with Crippen LogP contribution in [0.5, 0.6) is 11.5 Å². The summed E-state index contributed by atoms with van der Waals surface area (Å²) in [5.74, 6) is 0.516. The lowest BCUT2D eigenvalue weighted by Crippen LogP contribution is -2.36. The number of ether oxygens (including phenoxy) is 2. The van der Waals surface area contributed by atoms with Crippen LogP contribution in [0.1, 0.15) is 27.7 Å². The summed E-state index contributed by atoms with van der Waals surface area (Å²) in [7, 11) is 0. The number of non-ortho nitro benzene ring substituents is 1. The maximum absolute atomic E-state index is 12.3. The lowest BCUT2D eigenvalue weighted by atomic mass is 10.2. The highest BCUT2D eigenvalue weighted by Gasteiger charge is 2.22. The van der Waals surface area contributed by atoms with E-state index in [1.165, 1.54) is 17.0 Å². The zero-order valence-electron chi connectivity index (χ0n) is 15.9. The molecule has 9 heteroatoms. The van der Waals surface area contributed by atoms with Gasteiger partial charge in [-0.1, -0.05) is 23.2 Å². The third-order valence-corrected chi connectivity index (χ3v) is 4.05. The number of hydrogen-bond acceptors (Lipinski definition) is 5. The molecule has 0 unspecified atom stereocenters. The van der Waals surface area contributed by atoms with E-state index < -0.39 is 16.6 Å². The molecule has 0 saturated carbocycles. The first-order chi connectivity index (χ1) is 13.0. The first kappa shape index (κ1) is 21.8. The van der Waals surface area contributed by atoms with Gasteiger partial charge in [0, 0.05) is 24.4 Å². The zero-order valence-corrected chi connectivity index (χ0v) is 17.4. The number of nitrogens with zero attached hydrogens (tertiary/aromatic N) is 2. The van der Waals surface area contributed by atoms with Crippen LogP contribution in [0.15, 0.2) is 36.4 Å². The second kappa shape index (κ2) is 8.67. The highest BCUT2D eigenvalue weighted by molar-refractivity contribution is 6.37. The van der Waals surface area contributed by atoms with Crippen molar-refractivity contribution in [1.82, 2.24) is 0 Å². The molecule has 0 heterocycles. The molecule has 150 valence electrons. The monoisotopic (exact) mass is 426 g/mol. The maximum Gasteiger partial charge on any atom is 0.414 e. The van der Waals surface area contributed by atoms with Crippen LogP contribution >= 0.6 is 23.2 Å². The number of halogens is 2. The van der Waals surface area contributed by atoms with Crippen molar-refractivity contribution in [3.05, 3.63) is 56.6 Å². The van der Waals surface area contributed by atoms with Gasteiger partial charge in [0.1, 0.15) is 11.4 Å². The van der Waals surface area contributed by atoms with Crippen molar-refractivity contribution in [2.45, 2.75) is 33.3 Å². The summed E-state index contributed by atoms with van der Waals surface area (Å²) in [4.78, 5) is 24.1. The minimum absolute atomic E-state index is 0.0206. The van der Waals surface area contributed by atoms with Crippen molar-refractivity contribution >= 4 is 40.7 Å². The molecule has 0 N–H and O–H groups in total. The molecular formula is C19H20Cl2N2O5. The predicted molar refractivity (Wildman–Crippen MR) is 109 cm³/mol. The molecule has 7 nitrogen and oxygen atoms in total. The first-order valence-corrected chi connectivity index (χ1v) is 9.19. The van der Waals surface area contributed by atoms with Gasteiger partial charge < -0.3 is 9.47 Å². The molecule has 0 aromatic heterocycles. The van der Waals surface area contributed by atoms with Crippen molar-refractivity contribution in [2.75, 3.05) is 11.4 Å². The summed E-state index contributed by atoms with van der Waals surface area (Å²) in [6.45, 7) is 7.66. The van der Waals surface area contributed by atoms with Crippen LogP contribution in [0, 0.1) is 10.1 Å². The molecule has 0 fully saturated rings. The topological polar surface area (TPSA) is 81.9 Å². The summed E-state index contributed by atoms with van der Waals surface area (Å²) in [5.41, 5.74) is -0.199. The number of benzene rings is 2. The molecule has 28 heavy (non-hydrogen) atoms. The number of hydrogen-bond donors (Lipinski definition) is 0. The average molecular weight is 427 g/mol. The normalized spacial score (nSPS) is 11.1. The molecule has 2 aromatic rings. The Balaban J connectivity index is 2.21. The largest absolute Gasteiger partial charge is 0.454 e. The number of anilines is 1. The Labute approximate surface area is 172 Å². The van der Waals surface area contributed by atoms with E-state index in [1.807, 2.05) is 6.92 Å². The first-order valence-electron chi connectivity index (χ1n) is 8.43. The SMILES string of the molecule is CCN(C(=O)OC(C)(C)C)c1ccc(Oc2c(Cl)cc([N+](=O)[O-])cc2Cl)cc1. The fourth-order valence-corrected chi connectivity index (χ4v) is 2.85. The molecule has 1 amide bonds. The van der Waals surface area contributed by atoms with E-state index in [4.69, 9.17) is 32.7 Å². The standard InChI is InChI=1S/C19H20Cl2N2O5/c1-5-22(18(24)28-19(2,3)4)12-6-8-14(9-7-12)27-17-15(20)10-13(23(25)26)11-16(17)21/h6-11H,5H2,1-4H3. The van der Waals surface area contributed by atoms with E-state index in [2.05, 4.69) is 0 Å². The van der Waals surface area contributed by atoms with Crippen LogP contribution in [0.3, 0.4) is 0 Å². The number of nitro groups is 1. The smallest absolute Gasteiger partial charge is 0.414 e. The Hall–Kier alpha value is -2.51. The van der Waals surface area contributed by atoms with E-state index in [1.54, 1.807) is 45.0 Å². The fourth-order valence-electron chi connectivity index (χ4n) is 2.30. The van der Waals surface area contributed by atoms with Gasteiger partial charge in [0.15, 0.2) is 5.75 Å². The Kier molecular flexibility index (Phi) is 6.74. The number of amides is 1. The molecule has 0 spiro atoms. The summed E-state index contributed by atoms with van der Waals surface area (Å²) in [5, 5.41) is 10.9. The van der Waals surface area contributed by atoms with Gasteiger partial charge in [-0.2, -0.15) is 0 Å². The number of carbonyl (C=O) groups is 1. The molecule has 0 aliphatic carbocycles. The lowest BCUT2D eigenvalue weighted by Gasteiger charge is -2.26. The molecule has 2 rings (SSSR count). The van der Waals surface area contributed by atoms with Gasteiger partial charge in [-0.15, -0.1) is 0 Å². The van der Waals surface area contributed by atoms with Gasteiger partial charge in [-0.3, -0.25) is 15.0 Å². The third kappa shape index (κ3) is 5.50. The molecular weight excluding hydrogens is 407 g/mol. The number of carbonyl (C=O) groups excluding carboxylic acids is 1. The van der Waals surface area contributed by atoms with E-state index in [0.29, 0.717) is 18.0 Å². The molecule has 0 saturated heterocycles. The Bertz CT molecular complexity index is 856. The Morgan fingerprint density at radius 2 is 1.68 bits per heavy atom. The summed E-state index contributed by atoms with van der Waals surface area (Å²) >= 11 is 12.1. The zero-order chi connectivity index (χ0) is 21.1. The van der Waals surface area contributed by atoms with Gasteiger partial charge in [0.25, 0.3) is 5.69 Å². The van der Waals surface area contributed by atoms with Gasteiger partial charge in [-0.25, -0.2) is 4.79 Å². The van der Waals surface area contributed by atoms with E-state index in [-0.39, 0.29) is 21.5 Å². The van der Waals surface area contributed by atoms with Gasteiger partial charge in [-0.05, 0) is 52.0 Å². The summed E-state index contributed by atoms with van der Waals surface area (Å²) in [6.07, 6.45) is -0.454. The summed E-state index contributed by atoms with van der Waals surface area (Å²) < 4.78 is 11.1. The second-order valence-corrected chi connectivity index (χ2v) is 7.63. The Morgan fingerprint density at radius 3 is 2.11 bits per heavy atom. The minimum Gasteiger partial charge on any atom is -0.454 e. The quantitative estimate of drug-likeness (QED) is 0.404. The van der Waals surface area contributed by atoms with Crippen LogP contribution < -0.4 is 9.64 Å². The highest BCUT2D eigenvalue weighted by atomic mass is 35.5. The molecule has 0 aliphatic rings. The van der Waals surface area contributed by atoms with Gasteiger partial charge >= 0.3 is 6.09 Å². The molecule has 0 aliphatic heterocycles. The predicted octanol–water partition coefficient (Wildman–Crippen LogP) is 6.46. The van der Waals surface area contributed by atoms with Gasteiger partial charge in [0.2, 0.25) is 0 Å². The molecule has 0 radical (unpaired) electrons. The Morgan fingerprint density at radius 1 is 1.14 bits per heavy atom. The lowest BCUT2D eigenvalue weighted by molar-refractivity contribution is -0.384. The fraction of sp³-hybridized carbons (Fsp3) is 0.316. The molecule has 0 atom stereocenters. The second-order valence-electron chi connectivity index (χ2n) is 6.82. The maximum atomic E-state index is 12.3. The van der Waals surface area contributed by atoms with Crippen LogP contribution in [-0.2, 0) is 4.74 Å². The number of rotatable bonds is 5. The van der Waals surface area contributed by atoms with Crippen molar-refractivity contribution in [3.63, 3.8) is 0 Å². The molecule has 0 bridgehead atoms. The van der Waals surface area contributed by atoms with Crippen molar-refractivity contribution in [1.29, 1.82) is 0 Å². The van der Waals surface area contributed by atoms with E-state index >= 15 is 0 Å². The van der Waals surface area contributed by atoms with Crippen LogP contribution in [0.2, 0.25) is 10.0 Å².